The summed E-state index contributed by atoms with van der Waals surface area (Å²) in [6.07, 6.45) is 0. The van der Waals surface area contributed by atoms with Crippen molar-refractivity contribution < 1.29 is 23.8 Å². The Kier molecular flexibility index (Phi) is 6.23. The third kappa shape index (κ3) is 4.14. The lowest BCUT2D eigenvalue weighted by Gasteiger charge is -2.29. The van der Waals surface area contributed by atoms with Gasteiger partial charge in [0.15, 0.2) is 0 Å². The second kappa shape index (κ2) is 9.22. The van der Waals surface area contributed by atoms with Gasteiger partial charge >= 0.3 is 0 Å². The number of hydrogen-bond acceptors (Lipinski definition) is 6. The molecule has 7 nitrogen and oxygen atoms in total. The zero-order valence-corrected chi connectivity index (χ0v) is 17.8. The highest BCUT2D eigenvalue weighted by atomic mass is 16.5. The zero-order valence-electron chi connectivity index (χ0n) is 17.8. The number of methoxy groups -OCH3 is 1. The van der Waals surface area contributed by atoms with E-state index in [2.05, 4.69) is 0 Å². The molecule has 4 rings (SSSR count). The van der Waals surface area contributed by atoms with E-state index in [-0.39, 0.29) is 18.4 Å². The average molecular weight is 422 g/mol. The molecular weight excluding hydrogens is 396 g/mol. The molecule has 0 radical (unpaired) electrons. The Morgan fingerprint density at radius 3 is 2.35 bits per heavy atom. The summed E-state index contributed by atoms with van der Waals surface area (Å²) in [4.78, 5) is 30.2. The number of rotatable bonds is 7. The van der Waals surface area contributed by atoms with Crippen LogP contribution < -0.4 is 9.47 Å². The molecule has 0 atom stereocenters. The minimum absolute atomic E-state index is 0.149. The van der Waals surface area contributed by atoms with Gasteiger partial charge in [0, 0.05) is 18.7 Å². The van der Waals surface area contributed by atoms with Crippen molar-refractivity contribution in [3.63, 3.8) is 0 Å². The number of ether oxygens (including phenoxy) is 3. The fraction of sp³-hybridized carbons (Fsp3) is 0.333. The van der Waals surface area contributed by atoms with Crippen LogP contribution in [0.15, 0.2) is 54.2 Å². The van der Waals surface area contributed by atoms with E-state index in [0.717, 1.165) is 11.3 Å². The summed E-state index contributed by atoms with van der Waals surface area (Å²) in [5.74, 6) is 0.774. The lowest BCUT2D eigenvalue weighted by Crippen LogP contribution is -2.40. The average Bonchev–Trinajstić information content (AvgIpc) is 3.05. The number of carbonyl (C=O) groups is 2. The van der Waals surface area contributed by atoms with Crippen molar-refractivity contribution >= 4 is 17.4 Å². The molecule has 0 aliphatic carbocycles. The van der Waals surface area contributed by atoms with Crippen molar-refractivity contribution in [1.29, 1.82) is 0 Å². The first-order valence-electron chi connectivity index (χ1n) is 10.4. The number of para-hydroxylation sites is 1. The fourth-order valence-corrected chi connectivity index (χ4v) is 3.94. The van der Waals surface area contributed by atoms with Crippen LogP contribution in [0.4, 0.5) is 0 Å². The third-order valence-electron chi connectivity index (χ3n) is 5.45. The summed E-state index contributed by atoms with van der Waals surface area (Å²) >= 11 is 0. The second-order valence-corrected chi connectivity index (χ2v) is 7.29. The van der Waals surface area contributed by atoms with Crippen molar-refractivity contribution in [3.8, 4) is 11.5 Å². The Hall–Kier alpha value is -3.32. The Bertz CT molecular complexity index is 993. The van der Waals surface area contributed by atoms with E-state index >= 15 is 0 Å². The standard InChI is InChI=1S/C24H26N2O5/c1-3-31-19-10-8-17(9-11-19)21-22(25-12-14-30-15-13-25)24(28)26(23(21)27)16-18-6-4-5-7-20(18)29-2/h4-11H,3,12-16H2,1-2H3. The molecule has 2 aromatic rings. The normalized spacial score (nSPS) is 16.8. The summed E-state index contributed by atoms with van der Waals surface area (Å²) in [6.45, 7) is 4.81. The maximum absolute atomic E-state index is 13.5. The molecule has 2 amide bonds. The topological polar surface area (TPSA) is 68.3 Å². The molecule has 0 N–H and O–H groups in total. The van der Waals surface area contributed by atoms with Crippen molar-refractivity contribution in [2.45, 2.75) is 13.5 Å². The van der Waals surface area contributed by atoms with E-state index in [1.807, 2.05) is 60.4 Å². The molecular formula is C24H26N2O5. The van der Waals surface area contributed by atoms with E-state index in [0.29, 0.717) is 55.5 Å². The van der Waals surface area contributed by atoms with Crippen molar-refractivity contribution in [3.05, 3.63) is 65.4 Å². The second-order valence-electron chi connectivity index (χ2n) is 7.29. The van der Waals surface area contributed by atoms with Crippen LogP contribution in [0.3, 0.4) is 0 Å². The summed E-state index contributed by atoms with van der Waals surface area (Å²) in [7, 11) is 1.58. The molecule has 2 aliphatic rings. The molecule has 0 aromatic heterocycles. The molecule has 1 fully saturated rings. The highest BCUT2D eigenvalue weighted by Crippen LogP contribution is 2.34. The third-order valence-corrected chi connectivity index (χ3v) is 5.45. The molecule has 0 bridgehead atoms. The predicted octanol–water partition coefficient (Wildman–Crippen LogP) is 2.71. The van der Waals surface area contributed by atoms with Crippen LogP contribution in [0.5, 0.6) is 11.5 Å². The Labute approximate surface area is 181 Å². The van der Waals surface area contributed by atoms with Crippen molar-refractivity contribution in [1.82, 2.24) is 9.80 Å². The van der Waals surface area contributed by atoms with Crippen LogP contribution in [0.2, 0.25) is 0 Å². The SMILES string of the molecule is CCOc1ccc(C2=C(N3CCOCC3)C(=O)N(Cc3ccccc3OC)C2=O)cc1. The van der Waals surface area contributed by atoms with Gasteiger partial charge in [-0.3, -0.25) is 14.5 Å². The van der Waals surface area contributed by atoms with Crippen LogP contribution in [-0.2, 0) is 20.9 Å². The molecule has 2 aliphatic heterocycles. The lowest BCUT2D eigenvalue weighted by atomic mass is 10.0. The summed E-state index contributed by atoms with van der Waals surface area (Å²) in [5, 5.41) is 0. The van der Waals surface area contributed by atoms with E-state index in [1.54, 1.807) is 7.11 Å². The lowest BCUT2D eigenvalue weighted by molar-refractivity contribution is -0.138. The Morgan fingerprint density at radius 1 is 0.968 bits per heavy atom. The minimum Gasteiger partial charge on any atom is -0.496 e. The number of imide groups is 1. The number of hydrogen-bond donors (Lipinski definition) is 0. The quantitative estimate of drug-likeness (QED) is 0.639. The summed E-state index contributed by atoms with van der Waals surface area (Å²) in [5.41, 5.74) is 2.34. The van der Waals surface area contributed by atoms with Gasteiger partial charge in [-0.25, -0.2) is 0 Å². The molecule has 2 heterocycles. The molecule has 0 spiro atoms. The first-order valence-corrected chi connectivity index (χ1v) is 10.4. The fourth-order valence-electron chi connectivity index (χ4n) is 3.94. The van der Waals surface area contributed by atoms with Gasteiger partial charge < -0.3 is 19.1 Å². The molecule has 0 saturated carbocycles. The number of amides is 2. The molecule has 7 heteroatoms. The largest absolute Gasteiger partial charge is 0.496 e. The van der Waals surface area contributed by atoms with Crippen LogP contribution in [0.25, 0.3) is 5.57 Å². The van der Waals surface area contributed by atoms with Gasteiger partial charge in [-0.2, -0.15) is 0 Å². The van der Waals surface area contributed by atoms with Crippen LogP contribution in [-0.4, -0.2) is 61.6 Å². The summed E-state index contributed by atoms with van der Waals surface area (Å²) in [6, 6.07) is 14.7. The van der Waals surface area contributed by atoms with Crippen LogP contribution >= 0.6 is 0 Å². The number of nitrogens with zero attached hydrogens (tertiary/aromatic N) is 2. The molecule has 0 unspecified atom stereocenters. The smallest absolute Gasteiger partial charge is 0.278 e. The molecule has 2 aromatic carbocycles. The monoisotopic (exact) mass is 422 g/mol. The van der Waals surface area contributed by atoms with E-state index in [4.69, 9.17) is 14.2 Å². The van der Waals surface area contributed by atoms with Crippen LogP contribution in [0, 0.1) is 0 Å². The van der Waals surface area contributed by atoms with Gasteiger partial charge in [-0.05, 0) is 30.7 Å². The predicted molar refractivity (Wildman–Crippen MR) is 115 cm³/mol. The highest BCUT2D eigenvalue weighted by Gasteiger charge is 2.42. The van der Waals surface area contributed by atoms with Gasteiger partial charge in [0.05, 0.1) is 39.0 Å². The van der Waals surface area contributed by atoms with Crippen LogP contribution in [0.1, 0.15) is 18.1 Å². The number of benzene rings is 2. The highest BCUT2D eigenvalue weighted by molar-refractivity contribution is 6.35. The van der Waals surface area contributed by atoms with E-state index in [1.165, 1.54) is 4.90 Å². The molecule has 1 saturated heterocycles. The van der Waals surface area contributed by atoms with Crippen molar-refractivity contribution in [2.75, 3.05) is 40.0 Å². The summed E-state index contributed by atoms with van der Waals surface area (Å²) < 4.78 is 16.4. The van der Waals surface area contributed by atoms with Crippen molar-refractivity contribution in [2.24, 2.45) is 0 Å². The molecule has 162 valence electrons. The van der Waals surface area contributed by atoms with Gasteiger partial charge in [0.25, 0.3) is 11.8 Å². The first kappa shape index (κ1) is 20.9. The van der Waals surface area contributed by atoms with Gasteiger partial charge in [-0.1, -0.05) is 30.3 Å². The van der Waals surface area contributed by atoms with Gasteiger partial charge in [0.2, 0.25) is 0 Å². The number of carbonyl (C=O) groups excluding carboxylic acids is 2. The Balaban J connectivity index is 1.71. The van der Waals surface area contributed by atoms with E-state index < -0.39 is 0 Å². The van der Waals surface area contributed by atoms with Gasteiger partial charge in [-0.15, -0.1) is 0 Å². The molecule has 31 heavy (non-hydrogen) atoms. The van der Waals surface area contributed by atoms with Gasteiger partial charge in [0.1, 0.15) is 17.2 Å². The Morgan fingerprint density at radius 2 is 1.68 bits per heavy atom. The zero-order chi connectivity index (χ0) is 21.8. The van der Waals surface area contributed by atoms with E-state index in [9.17, 15) is 9.59 Å². The maximum atomic E-state index is 13.5. The first-order chi connectivity index (χ1) is 15.1. The number of morpholine rings is 1. The maximum Gasteiger partial charge on any atom is 0.278 e. The minimum atomic E-state index is -0.304.